The minimum Gasteiger partial charge on any atom is -0.0596 e. The van der Waals surface area contributed by atoms with Gasteiger partial charge in [0.1, 0.15) is 0 Å². The molecule has 0 fully saturated rings. The van der Waals surface area contributed by atoms with E-state index in [-0.39, 0.29) is 0 Å². The second-order valence-corrected chi connectivity index (χ2v) is 5.56. The standard InChI is InChI=1S/C14H20/c1-10-7-11(2)13-5-6-14(3,4)9-12(13)8-10/h7-8H,5-6,9H2,1-4H3. The molecule has 0 heterocycles. The number of fused-ring (bicyclic) bond motifs is 1. The van der Waals surface area contributed by atoms with E-state index in [4.69, 9.17) is 0 Å². The molecule has 0 unspecified atom stereocenters. The predicted octanol–water partition coefficient (Wildman–Crippen LogP) is 3.82. The molecule has 14 heavy (non-hydrogen) atoms. The summed E-state index contributed by atoms with van der Waals surface area (Å²) in [5, 5.41) is 0. The summed E-state index contributed by atoms with van der Waals surface area (Å²) in [7, 11) is 0. The molecule has 0 atom stereocenters. The molecule has 76 valence electrons. The highest BCUT2D eigenvalue weighted by Crippen LogP contribution is 2.36. The molecule has 0 heteroatoms. The van der Waals surface area contributed by atoms with Gasteiger partial charge in [-0.05, 0) is 55.2 Å². The van der Waals surface area contributed by atoms with Crippen LogP contribution in [0.4, 0.5) is 0 Å². The maximum absolute atomic E-state index is 2.38. The number of rotatable bonds is 0. The maximum atomic E-state index is 2.38. The first kappa shape index (κ1) is 9.76. The Morgan fingerprint density at radius 1 is 1.14 bits per heavy atom. The van der Waals surface area contributed by atoms with Crippen LogP contribution in [0, 0.1) is 19.3 Å². The fraction of sp³-hybridized carbons (Fsp3) is 0.571. The SMILES string of the molecule is Cc1cc(C)c2c(c1)CC(C)(C)CC2. The van der Waals surface area contributed by atoms with Crippen LogP contribution in [0.3, 0.4) is 0 Å². The molecule has 0 saturated carbocycles. The summed E-state index contributed by atoms with van der Waals surface area (Å²) in [5.74, 6) is 0. The minimum absolute atomic E-state index is 0.507. The summed E-state index contributed by atoms with van der Waals surface area (Å²) in [6, 6.07) is 4.69. The lowest BCUT2D eigenvalue weighted by Gasteiger charge is -2.32. The van der Waals surface area contributed by atoms with Gasteiger partial charge in [0, 0.05) is 0 Å². The Balaban J connectivity index is 2.47. The van der Waals surface area contributed by atoms with Crippen molar-refractivity contribution in [3.63, 3.8) is 0 Å². The Labute approximate surface area is 87.3 Å². The van der Waals surface area contributed by atoms with Crippen LogP contribution in [0.2, 0.25) is 0 Å². The molecule has 0 aromatic heterocycles. The normalized spacial score (nSPS) is 19.1. The van der Waals surface area contributed by atoms with E-state index in [1.165, 1.54) is 30.4 Å². The number of benzene rings is 1. The third kappa shape index (κ3) is 1.70. The summed E-state index contributed by atoms with van der Waals surface area (Å²) in [5.41, 5.74) is 6.64. The van der Waals surface area contributed by atoms with Gasteiger partial charge in [-0.1, -0.05) is 31.5 Å². The lowest BCUT2D eigenvalue weighted by molar-refractivity contribution is 0.315. The van der Waals surface area contributed by atoms with Crippen molar-refractivity contribution < 1.29 is 0 Å². The topological polar surface area (TPSA) is 0 Å². The molecule has 0 nitrogen and oxygen atoms in total. The molecule has 0 radical (unpaired) electrons. The van der Waals surface area contributed by atoms with E-state index in [0.29, 0.717) is 5.41 Å². The van der Waals surface area contributed by atoms with Crippen LogP contribution in [0.15, 0.2) is 12.1 Å². The van der Waals surface area contributed by atoms with Crippen LogP contribution in [0.1, 0.15) is 42.5 Å². The molecule has 1 aliphatic carbocycles. The van der Waals surface area contributed by atoms with Gasteiger partial charge in [0.05, 0.1) is 0 Å². The molecule has 0 amide bonds. The van der Waals surface area contributed by atoms with Crippen LogP contribution < -0.4 is 0 Å². The van der Waals surface area contributed by atoms with Gasteiger partial charge in [-0.2, -0.15) is 0 Å². The number of hydrogen-bond donors (Lipinski definition) is 0. The first-order chi connectivity index (χ1) is 6.48. The fourth-order valence-corrected chi connectivity index (χ4v) is 2.67. The molecule has 0 N–H and O–H groups in total. The van der Waals surface area contributed by atoms with Crippen molar-refractivity contribution in [1.29, 1.82) is 0 Å². The largest absolute Gasteiger partial charge is 0.0596 e. The molecular weight excluding hydrogens is 168 g/mol. The van der Waals surface area contributed by atoms with Crippen molar-refractivity contribution in [2.45, 2.75) is 47.0 Å². The van der Waals surface area contributed by atoms with Gasteiger partial charge in [-0.15, -0.1) is 0 Å². The highest BCUT2D eigenvalue weighted by molar-refractivity contribution is 5.40. The second kappa shape index (κ2) is 3.12. The smallest absolute Gasteiger partial charge is 0.0224 e. The van der Waals surface area contributed by atoms with Gasteiger partial charge in [0.15, 0.2) is 0 Å². The monoisotopic (exact) mass is 188 g/mol. The van der Waals surface area contributed by atoms with E-state index in [1.807, 2.05) is 0 Å². The third-order valence-electron chi connectivity index (χ3n) is 3.43. The molecule has 0 aliphatic heterocycles. The second-order valence-electron chi connectivity index (χ2n) is 5.56. The van der Waals surface area contributed by atoms with Gasteiger partial charge in [-0.25, -0.2) is 0 Å². The Morgan fingerprint density at radius 2 is 1.86 bits per heavy atom. The summed E-state index contributed by atoms with van der Waals surface area (Å²) < 4.78 is 0. The highest BCUT2D eigenvalue weighted by atomic mass is 14.3. The van der Waals surface area contributed by atoms with Crippen molar-refractivity contribution in [3.8, 4) is 0 Å². The Kier molecular flexibility index (Phi) is 2.17. The molecule has 0 saturated heterocycles. The van der Waals surface area contributed by atoms with Crippen LogP contribution in [0.5, 0.6) is 0 Å². The third-order valence-corrected chi connectivity index (χ3v) is 3.43. The lowest BCUT2D eigenvalue weighted by atomic mass is 9.73. The Bertz CT molecular complexity index is 359. The van der Waals surface area contributed by atoms with Crippen molar-refractivity contribution in [1.82, 2.24) is 0 Å². The summed E-state index contributed by atoms with van der Waals surface area (Å²) in [4.78, 5) is 0. The lowest BCUT2D eigenvalue weighted by Crippen LogP contribution is -2.22. The van der Waals surface area contributed by atoms with E-state index in [0.717, 1.165) is 0 Å². The molecule has 0 spiro atoms. The molecule has 1 aromatic carbocycles. The van der Waals surface area contributed by atoms with Gasteiger partial charge in [0.2, 0.25) is 0 Å². The highest BCUT2D eigenvalue weighted by Gasteiger charge is 2.25. The van der Waals surface area contributed by atoms with Crippen LogP contribution in [-0.4, -0.2) is 0 Å². The van der Waals surface area contributed by atoms with Crippen molar-refractivity contribution in [2.75, 3.05) is 0 Å². The summed E-state index contributed by atoms with van der Waals surface area (Å²) in [6.45, 7) is 9.22. The van der Waals surface area contributed by atoms with Crippen LogP contribution in [-0.2, 0) is 12.8 Å². The average Bonchev–Trinajstić information content (AvgIpc) is 2.00. The Hall–Kier alpha value is -0.780. The molecule has 1 aromatic rings. The molecular formula is C14H20. The zero-order valence-corrected chi connectivity index (χ0v) is 9.78. The summed E-state index contributed by atoms with van der Waals surface area (Å²) >= 11 is 0. The van der Waals surface area contributed by atoms with Crippen LogP contribution in [0.25, 0.3) is 0 Å². The first-order valence-electron chi connectivity index (χ1n) is 5.57. The van der Waals surface area contributed by atoms with E-state index in [9.17, 15) is 0 Å². The zero-order chi connectivity index (χ0) is 10.3. The fourth-order valence-electron chi connectivity index (χ4n) is 2.67. The number of aryl methyl sites for hydroxylation is 2. The minimum atomic E-state index is 0.507. The van der Waals surface area contributed by atoms with Crippen LogP contribution >= 0.6 is 0 Å². The van der Waals surface area contributed by atoms with Crippen molar-refractivity contribution in [2.24, 2.45) is 5.41 Å². The van der Waals surface area contributed by atoms with Crippen molar-refractivity contribution in [3.05, 3.63) is 34.4 Å². The molecule has 0 bridgehead atoms. The quantitative estimate of drug-likeness (QED) is 0.580. The van der Waals surface area contributed by atoms with Gasteiger partial charge >= 0.3 is 0 Å². The predicted molar refractivity (Wildman–Crippen MR) is 61.7 cm³/mol. The first-order valence-corrected chi connectivity index (χ1v) is 5.57. The van der Waals surface area contributed by atoms with Gasteiger partial charge in [0.25, 0.3) is 0 Å². The Morgan fingerprint density at radius 3 is 2.57 bits per heavy atom. The number of hydrogen-bond acceptors (Lipinski definition) is 0. The van der Waals surface area contributed by atoms with E-state index in [2.05, 4.69) is 39.8 Å². The van der Waals surface area contributed by atoms with Gasteiger partial charge in [-0.3, -0.25) is 0 Å². The van der Waals surface area contributed by atoms with E-state index >= 15 is 0 Å². The molecule has 1 aliphatic rings. The maximum Gasteiger partial charge on any atom is -0.0224 e. The van der Waals surface area contributed by atoms with Crippen molar-refractivity contribution >= 4 is 0 Å². The van der Waals surface area contributed by atoms with E-state index in [1.54, 1.807) is 11.1 Å². The van der Waals surface area contributed by atoms with E-state index < -0.39 is 0 Å². The average molecular weight is 188 g/mol. The van der Waals surface area contributed by atoms with Gasteiger partial charge < -0.3 is 0 Å². The summed E-state index contributed by atoms with van der Waals surface area (Å²) in [6.07, 6.45) is 3.86. The zero-order valence-electron chi connectivity index (χ0n) is 9.78. The molecule has 2 rings (SSSR count).